The van der Waals surface area contributed by atoms with Crippen molar-refractivity contribution in [2.24, 2.45) is 9.98 Å². The zero-order valence-corrected chi connectivity index (χ0v) is 40.2. The Labute approximate surface area is 377 Å². The van der Waals surface area contributed by atoms with Crippen LogP contribution in [0.2, 0.25) is 0 Å². The maximum atomic E-state index is 5.52. The van der Waals surface area contributed by atoms with Gasteiger partial charge in [-0.15, -0.1) is 0 Å². The van der Waals surface area contributed by atoms with E-state index in [0.717, 1.165) is 56.3 Å². The zero-order valence-electron chi connectivity index (χ0n) is 39.2. The number of allylic oxidation sites excluding steroid dienone is 4. The Hall–Kier alpha value is -2.25. The van der Waals surface area contributed by atoms with Crippen LogP contribution >= 0.6 is 0 Å². The summed E-state index contributed by atoms with van der Waals surface area (Å²) in [7, 11) is 0. The Morgan fingerprint density at radius 1 is 0.356 bits per heavy atom. The van der Waals surface area contributed by atoms with Crippen molar-refractivity contribution in [1.82, 2.24) is 0 Å². The molecule has 0 saturated heterocycles. The van der Waals surface area contributed by atoms with E-state index >= 15 is 0 Å². The smallest absolute Gasteiger partial charge is 0.0665 e. The normalized spacial score (nSPS) is 12.3. The summed E-state index contributed by atoms with van der Waals surface area (Å²) in [4.78, 5) is 11.0. The third-order valence-corrected chi connectivity index (χ3v) is 11.8. The minimum absolute atomic E-state index is 0. The summed E-state index contributed by atoms with van der Waals surface area (Å²) in [5.74, 6) is 0. The van der Waals surface area contributed by atoms with Crippen molar-refractivity contribution in [2.45, 2.75) is 246 Å². The number of para-hydroxylation sites is 2. The Morgan fingerprint density at radius 3 is 1.05 bits per heavy atom. The van der Waals surface area contributed by atoms with E-state index in [1.54, 1.807) is 0 Å². The summed E-state index contributed by atoms with van der Waals surface area (Å²) in [6.45, 7) is 9.20. The molecule has 0 aromatic heterocycles. The molecule has 0 spiro atoms. The second-order valence-electron chi connectivity index (χ2n) is 17.3. The Balaban J connectivity index is 0.0000174. The third kappa shape index (κ3) is 29.6. The molecule has 2 nitrogen and oxygen atoms in total. The van der Waals surface area contributed by atoms with Crippen LogP contribution < -0.4 is 0 Å². The molecule has 0 radical (unpaired) electrons. The zero-order chi connectivity index (χ0) is 41.4. The summed E-state index contributed by atoms with van der Waals surface area (Å²) in [5.41, 5.74) is 7.48. The van der Waals surface area contributed by atoms with E-state index in [-0.39, 0.29) is 16.5 Å². The van der Waals surface area contributed by atoms with Gasteiger partial charge in [0, 0.05) is 16.5 Å². The summed E-state index contributed by atoms with van der Waals surface area (Å²) in [6, 6.07) is 17.8. The van der Waals surface area contributed by atoms with Crippen molar-refractivity contribution in [1.29, 1.82) is 0 Å². The van der Waals surface area contributed by atoms with E-state index in [4.69, 9.17) is 9.98 Å². The standard InChI is InChI=1S/C56H92N2.Ni/c1-5-9-13-16-18-20-22-24-26-28-30-32-34-36-43-51-45-39-41-48-53(51)57-55(47-12-8-4)56(50-38-15-11-7-3)58-54-49-42-40-46-52(54)44-37-35-33-31-29-27-25-23-21-19-17-14-10-6-2;/h30-33,39-42,45-46,48-49H,5-29,34-38,43-44,47,50H2,1-4H3;/b32-30+,33-31+,57-55?,58-56?;. The van der Waals surface area contributed by atoms with Crippen molar-refractivity contribution in [3.8, 4) is 0 Å². The van der Waals surface area contributed by atoms with E-state index in [1.165, 1.54) is 196 Å². The molecular weight excluding hydrogens is 759 g/mol. The number of hydrogen-bond acceptors (Lipinski definition) is 2. The van der Waals surface area contributed by atoms with Crippen LogP contribution in [0.4, 0.5) is 11.4 Å². The molecule has 0 saturated carbocycles. The molecule has 0 bridgehead atoms. The molecular formula is C56H92N2Ni. The number of rotatable bonds is 39. The van der Waals surface area contributed by atoms with Gasteiger partial charge in [-0.25, -0.2) is 0 Å². The van der Waals surface area contributed by atoms with Gasteiger partial charge in [0.05, 0.1) is 22.8 Å². The first-order valence-electron chi connectivity index (χ1n) is 25.3. The molecule has 0 atom stereocenters. The second-order valence-corrected chi connectivity index (χ2v) is 17.3. The van der Waals surface area contributed by atoms with Crippen LogP contribution in [0.1, 0.15) is 244 Å². The van der Waals surface area contributed by atoms with Crippen LogP contribution in [0.3, 0.4) is 0 Å². The largest absolute Gasteiger partial charge is 0.251 e. The van der Waals surface area contributed by atoms with Crippen LogP contribution in [0.5, 0.6) is 0 Å². The first-order valence-corrected chi connectivity index (χ1v) is 25.3. The number of hydrogen-bond donors (Lipinski definition) is 0. The Bertz CT molecular complexity index is 1350. The molecule has 0 aliphatic carbocycles. The number of aliphatic imine (C=N–C) groups is 2. The van der Waals surface area contributed by atoms with Gasteiger partial charge in [-0.1, -0.05) is 217 Å². The fourth-order valence-electron chi connectivity index (χ4n) is 7.98. The third-order valence-electron chi connectivity index (χ3n) is 11.8. The van der Waals surface area contributed by atoms with Gasteiger partial charge in [-0.2, -0.15) is 0 Å². The predicted octanol–water partition coefficient (Wildman–Crippen LogP) is 19.3. The summed E-state index contributed by atoms with van der Waals surface area (Å²) in [5, 5.41) is 0. The average Bonchev–Trinajstić information content (AvgIpc) is 3.24. The Morgan fingerprint density at radius 2 is 0.661 bits per heavy atom. The van der Waals surface area contributed by atoms with Gasteiger partial charge in [-0.3, -0.25) is 9.98 Å². The maximum Gasteiger partial charge on any atom is 0.0665 e. The topological polar surface area (TPSA) is 24.7 Å². The van der Waals surface area contributed by atoms with Gasteiger partial charge >= 0.3 is 0 Å². The van der Waals surface area contributed by atoms with Crippen LogP contribution in [0.25, 0.3) is 0 Å². The fraction of sp³-hybridized carbons (Fsp3) is 0.679. The van der Waals surface area contributed by atoms with Gasteiger partial charge in [0.2, 0.25) is 0 Å². The molecule has 59 heavy (non-hydrogen) atoms. The molecule has 0 aliphatic heterocycles. The number of unbranched alkanes of at least 4 members (excludes halogenated alkanes) is 24. The van der Waals surface area contributed by atoms with Crippen LogP contribution in [-0.2, 0) is 29.3 Å². The molecule has 0 N–H and O–H groups in total. The summed E-state index contributed by atoms with van der Waals surface area (Å²) in [6.07, 6.45) is 53.5. The molecule has 3 heteroatoms. The summed E-state index contributed by atoms with van der Waals surface area (Å²) < 4.78 is 0. The molecule has 2 aromatic carbocycles. The van der Waals surface area contributed by atoms with Crippen molar-refractivity contribution in [2.75, 3.05) is 0 Å². The van der Waals surface area contributed by atoms with Gasteiger partial charge in [0.15, 0.2) is 0 Å². The van der Waals surface area contributed by atoms with E-state index in [9.17, 15) is 0 Å². The monoisotopic (exact) mass is 851 g/mol. The number of benzene rings is 2. The van der Waals surface area contributed by atoms with Crippen LogP contribution in [0.15, 0.2) is 82.8 Å². The van der Waals surface area contributed by atoms with Gasteiger partial charge in [0.25, 0.3) is 0 Å². The molecule has 0 fully saturated rings. The quantitative estimate of drug-likeness (QED) is 0.0277. The van der Waals surface area contributed by atoms with Gasteiger partial charge in [-0.05, 0) is 113 Å². The molecule has 0 amide bonds. The van der Waals surface area contributed by atoms with Crippen LogP contribution in [0, 0.1) is 0 Å². The summed E-state index contributed by atoms with van der Waals surface area (Å²) >= 11 is 0. The second kappa shape index (κ2) is 41.1. The maximum absolute atomic E-state index is 5.52. The van der Waals surface area contributed by atoms with Crippen molar-refractivity contribution in [3.05, 3.63) is 84.0 Å². The first-order chi connectivity index (χ1) is 28.7. The minimum Gasteiger partial charge on any atom is -0.251 e. The van der Waals surface area contributed by atoms with E-state index in [0.29, 0.717) is 0 Å². The molecule has 0 aliphatic rings. The molecule has 0 unspecified atom stereocenters. The number of nitrogens with zero attached hydrogens (tertiary/aromatic N) is 2. The number of aryl methyl sites for hydroxylation is 2. The molecule has 2 aromatic rings. The van der Waals surface area contributed by atoms with E-state index < -0.39 is 0 Å². The molecule has 0 heterocycles. The average molecular weight is 852 g/mol. The SMILES string of the molecule is CCCCCCCCCCC/C=C/CCCc1ccccc1N=C(CCCC)C(CCCCCC)=Nc1ccccc1CCC/C=C/CCCCCCCCCCC.[Ni]. The van der Waals surface area contributed by atoms with Crippen molar-refractivity contribution in [3.63, 3.8) is 0 Å². The molecule has 2 rings (SSSR count). The first kappa shape index (κ1) is 54.8. The van der Waals surface area contributed by atoms with E-state index in [1.807, 2.05) is 0 Å². The predicted molar refractivity (Wildman–Crippen MR) is 263 cm³/mol. The van der Waals surface area contributed by atoms with Crippen molar-refractivity contribution >= 4 is 22.8 Å². The van der Waals surface area contributed by atoms with Gasteiger partial charge in [0.1, 0.15) is 0 Å². The van der Waals surface area contributed by atoms with Gasteiger partial charge < -0.3 is 0 Å². The molecule has 336 valence electrons. The minimum atomic E-state index is 0. The fourth-order valence-corrected chi connectivity index (χ4v) is 7.98. The van der Waals surface area contributed by atoms with Crippen molar-refractivity contribution < 1.29 is 16.5 Å². The Kier molecular flexibility index (Phi) is 38.2. The van der Waals surface area contributed by atoms with Crippen LogP contribution in [-0.4, -0.2) is 11.4 Å². The van der Waals surface area contributed by atoms with E-state index in [2.05, 4.69) is 101 Å².